The zero-order chi connectivity index (χ0) is 27.0. The predicted molar refractivity (Wildman–Crippen MR) is 156 cm³/mol. The van der Waals surface area contributed by atoms with Crippen molar-refractivity contribution >= 4 is 44.9 Å². The summed E-state index contributed by atoms with van der Waals surface area (Å²) in [4.78, 5) is 33.9. The van der Waals surface area contributed by atoms with Crippen molar-refractivity contribution in [3.8, 4) is 0 Å². The molecule has 0 radical (unpaired) electrons. The second-order valence-electron chi connectivity index (χ2n) is 10.5. The van der Waals surface area contributed by atoms with Gasteiger partial charge in [0.1, 0.15) is 11.9 Å². The van der Waals surface area contributed by atoms with E-state index in [-0.39, 0.29) is 23.3 Å². The molecule has 0 aliphatic carbocycles. The number of hydrogen-bond donors (Lipinski definition) is 0. The van der Waals surface area contributed by atoms with Crippen LogP contribution in [0.5, 0.6) is 0 Å². The van der Waals surface area contributed by atoms with Crippen molar-refractivity contribution in [3.63, 3.8) is 0 Å². The summed E-state index contributed by atoms with van der Waals surface area (Å²) in [6.45, 7) is 7.94. The Balaban J connectivity index is 1.52. The van der Waals surface area contributed by atoms with Crippen LogP contribution in [0.15, 0.2) is 94.7 Å². The lowest BCUT2D eigenvalue weighted by Crippen LogP contribution is -2.49. The highest BCUT2D eigenvalue weighted by molar-refractivity contribution is 9.10. The third kappa shape index (κ3) is 4.99. The van der Waals surface area contributed by atoms with Crippen LogP contribution in [0.25, 0.3) is 0 Å². The van der Waals surface area contributed by atoms with E-state index in [1.807, 2.05) is 53.4 Å². The number of carbonyl (C=O) groups is 2. The average molecular weight is 593 g/mol. The van der Waals surface area contributed by atoms with E-state index in [4.69, 9.17) is 11.6 Å². The lowest BCUT2D eigenvalue weighted by atomic mass is 9.79. The second kappa shape index (κ2) is 10.6. The number of rotatable bonds is 6. The van der Waals surface area contributed by atoms with Gasteiger partial charge in [-0.2, -0.15) is 0 Å². The first kappa shape index (κ1) is 26.5. The molecule has 0 bridgehead atoms. The lowest BCUT2D eigenvalue weighted by molar-refractivity contribution is -0.116. The number of nitrogens with zero attached hydrogens (tertiary/aromatic N) is 3. The highest BCUT2D eigenvalue weighted by Crippen LogP contribution is 2.39. The molecule has 38 heavy (non-hydrogen) atoms. The summed E-state index contributed by atoms with van der Waals surface area (Å²) in [5.41, 5.74) is 3.87. The number of allylic oxidation sites excluding steroid dienone is 1. The Morgan fingerprint density at radius 1 is 0.974 bits per heavy atom. The molecule has 3 aromatic carbocycles. The number of anilines is 1. The van der Waals surface area contributed by atoms with Crippen molar-refractivity contribution in [3.05, 3.63) is 111 Å². The fourth-order valence-electron chi connectivity index (χ4n) is 5.49. The van der Waals surface area contributed by atoms with Crippen molar-refractivity contribution in [2.75, 3.05) is 24.5 Å². The van der Waals surface area contributed by atoms with Gasteiger partial charge in [-0.1, -0.05) is 74.0 Å². The minimum Gasteiger partial charge on any atom is -0.349 e. The number of ketones is 1. The van der Waals surface area contributed by atoms with Crippen LogP contribution in [0.4, 0.5) is 5.69 Å². The fourth-order valence-corrected chi connectivity index (χ4v) is 5.92. The quantitative estimate of drug-likeness (QED) is 0.313. The Labute approximate surface area is 237 Å². The lowest BCUT2D eigenvalue weighted by Gasteiger charge is -2.38. The normalized spacial score (nSPS) is 17.6. The second-order valence-corrected chi connectivity index (χ2v) is 11.8. The van der Waals surface area contributed by atoms with E-state index in [1.54, 1.807) is 18.2 Å². The van der Waals surface area contributed by atoms with E-state index < -0.39 is 0 Å². The van der Waals surface area contributed by atoms with Crippen molar-refractivity contribution in [1.29, 1.82) is 0 Å². The van der Waals surface area contributed by atoms with Crippen LogP contribution in [0.2, 0.25) is 5.02 Å². The number of para-hydroxylation sites is 1. The summed E-state index contributed by atoms with van der Waals surface area (Å²) >= 11 is 9.68. The van der Waals surface area contributed by atoms with E-state index in [2.05, 4.69) is 58.6 Å². The molecule has 2 aliphatic heterocycles. The first-order valence-corrected chi connectivity index (χ1v) is 14.0. The summed E-state index contributed by atoms with van der Waals surface area (Å²) in [5.74, 6) is -0.0122. The average Bonchev–Trinajstić information content (AvgIpc) is 3.22. The Hall–Kier alpha value is -3.09. The molecule has 1 saturated heterocycles. The monoisotopic (exact) mass is 591 g/mol. The Morgan fingerprint density at radius 3 is 2.29 bits per heavy atom. The number of halogens is 2. The van der Waals surface area contributed by atoms with Gasteiger partial charge >= 0.3 is 0 Å². The van der Waals surface area contributed by atoms with Gasteiger partial charge in [0.05, 0.1) is 17.3 Å². The molecule has 7 heteroatoms. The molecule has 0 spiro atoms. The van der Waals surface area contributed by atoms with Crippen LogP contribution < -0.4 is 4.90 Å². The number of Topliss-reactive ketones (excluding diaryl/α,β-unsaturated/α-hetero) is 1. The molecular formula is C31H31BrClN3O2. The van der Waals surface area contributed by atoms with Gasteiger partial charge in [-0.25, -0.2) is 0 Å². The Morgan fingerprint density at radius 2 is 1.63 bits per heavy atom. The molecule has 5 nitrogen and oxygen atoms in total. The van der Waals surface area contributed by atoms with Crippen LogP contribution >= 0.6 is 27.5 Å². The standard InChI is InChI=1S/C31H31BrClN3O2/c1-21-35-17-16-34(30(38)22-14-15-25(32)26(33)18-22)20-27(35)29(36(21)24-12-8-5-9-13-24)28(37)19-31(2,3)23-10-6-4-7-11-23/h4-15,18,21H,16-17,19-20H2,1-3H3. The first-order chi connectivity index (χ1) is 18.2. The zero-order valence-electron chi connectivity index (χ0n) is 21.8. The zero-order valence-corrected chi connectivity index (χ0v) is 24.2. The third-order valence-corrected chi connectivity index (χ3v) is 8.78. The minimum absolute atomic E-state index is 0.0365. The molecule has 3 aromatic rings. The molecular weight excluding hydrogens is 562 g/mol. The molecule has 5 rings (SSSR count). The predicted octanol–water partition coefficient (Wildman–Crippen LogP) is 6.88. The van der Waals surface area contributed by atoms with Crippen molar-refractivity contribution in [2.45, 2.75) is 38.8 Å². The molecule has 196 valence electrons. The van der Waals surface area contributed by atoms with Crippen LogP contribution in [0.3, 0.4) is 0 Å². The van der Waals surface area contributed by atoms with Crippen LogP contribution in [0.1, 0.15) is 43.1 Å². The maximum Gasteiger partial charge on any atom is 0.254 e. The molecule has 1 fully saturated rings. The third-order valence-electron chi connectivity index (χ3n) is 7.55. The number of amides is 1. The number of piperazine rings is 1. The van der Waals surface area contributed by atoms with Gasteiger partial charge in [0.15, 0.2) is 5.78 Å². The molecule has 0 N–H and O–H groups in total. The molecule has 2 aliphatic rings. The van der Waals surface area contributed by atoms with Gasteiger partial charge in [-0.05, 0) is 64.2 Å². The number of hydrogen-bond acceptors (Lipinski definition) is 4. The first-order valence-electron chi connectivity index (χ1n) is 12.8. The van der Waals surface area contributed by atoms with Gasteiger partial charge < -0.3 is 14.7 Å². The van der Waals surface area contributed by atoms with E-state index in [0.717, 1.165) is 21.4 Å². The maximum atomic E-state index is 14.2. The van der Waals surface area contributed by atoms with Gasteiger partial charge in [0.25, 0.3) is 5.91 Å². The van der Waals surface area contributed by atoms with Gasteiger partial charge in [0, 0.05) is 35.2 Å². The maximum absolute atomic E-state index is 14.2. The Kier molecular flexibility index (Phi) is 7.38. The molecule has 2 heterocycles. The van der Waals surface area contributed by atoms with Crippen molar-refractivity contribution in [2.24, 2.45) is 0 Å². The van der Waals surface area contributed by atoms with Crippen molar-refractivity contribution in [1.82, 2.24) is 9.80 Å². The molecule has 0 aromatic heterocycles. The SMILES string of the molecule is CC1N2CCN(C(=O)c3ccc(Br)c(Cl)c3)CC2=C(C(=O)CC(C)(C)c2ccccc2)N1c1ccccc1. The van der Waals surface area contributed by atoms with E-state index in [9.17, 15) is 9.59 Å². The van der Waals surface area contributed by atoms with Crippen LogP contribution in [-0.2, 0) is 10.2 Å². The smallest absolute Gasteiger partial charge is 0.254 e. The van der Waals surface area contributed by atoms with Gasteiger partial charge in [0.2, 0.25) is 0 Å². The van der Waals surface area contributed by atoms with Gasteiger partial charge in [-0.3, -0.25) is 9.59 Å². The largest absolute Gasteiger partial charge is 0.349 e. The molecule has 1 atom stereocenters. The summed E-state index contributed by atoms with van der Waals surface area (Å²) in [6.07, 6.45) is 0.321. The summed E-state index contributed by atoms with van der Waals surface area (Å²) < 4.78 is 0.750. The topological polar surface area (TPSA) is 43.9 Å². The van der Waals surface area contributed by atoms with Crippen LogP contribution in [-0.4, -0.2) is 47.3 Å². The summed E-state index contributed by atoms with van der Waals surface area (Å²) in [5, 5.41) is 0.498. The number of carbonyl (C=O) groups excluding carboxylic acids is 2. The summed E-state index contributed by atoms with van der Waals surface area (Å²) in [7, 11) is 0. The number of benzene rings is 3. The van der Waals surface area contributed by atoms with E-state index >= 15 is 0 Å². The highest BCUT2D eigenvalue weighted by Gasteiger charge is 2.43. The van der Waals surface area contributed by atoms with E-state index in [1.165, 1.54) is 0 Å². The Bertz CT molecular complexity index is 1390. The minimum atomic E-state index is -0.344. The van der Waals surface area contributed by atoms with Gasteiger partial charge in [-0.15, -0.1) is 0 Å². The number of fused-ring (bicyclic) bond motifs is 1. The van der Waals surface area contributed by atoms with E-state index in [0.29, 0.717) is 42.3 Å². The summed E-state index contributed by atoms with van der Waals surface area (Å²) in [6, 6.07) is 25.5. The van der Waals surface area contributed by atoms with Crippen molar-refractivity contribution < 1.29 is 9.59 Å². The highest BCUT2D eigenvalue weighted by atomic mass is 79.9. The fraction of sp³-hybridized carbons (Fsp3) is 0.290. The molecule has 1 amide bonds. The molecule has 1 unspecified atom stereocenters. The molecule has 0 saturated carbocycles. The van der Waals surface area contributed by atoms with Crippen LogP contribution in [0, 0.1) is 0 Å².